The van der Waals surface area contributed by atoms with Crippen molar-refractivity contribution in [1.82, 2.24) is 9.88 Å². The third-order valence-electron chi connectivity index (χ3n) is 6.26. The summed E-state index contributed by atoms with van der Waals surface area (Å²) in [7, 11) is 0. The van der Waals surface area contributed by atoms with Gasteiger partial charge in [0.05, 0.1) is 12.3 Å². The molecule has 1 saturated heterocycles. The predicted octanol–water partition coefficient (Wildman–Crippen LogP) is 6.21. The molecular formula is C27H33ClN2O2. The Morgan fingerprint density at radius 1 is 1.12 bits per heavy atom. The van der Waals surface area contributed by atoms with Crippen LogP contribution in [-0.2, 0) is 13.2 Å². The molecule has 1 aliphatic rings. The first-order valence-electron chi connectivity index (χ1n) is 11.2. The number of pyridine rings is 1. The topological polar surface area (TPSA) is 45.6 Å². The number of benzene rings is 2. The van der Waals surface area contributed by atoms with Gasteiger partial charge in [-0.25, -0.2) is 0 Å². The van der Waals surface area contributed by atoms with Gasteiger partial charge < -0.3 is 9.84 Å². The van der Waals surface area contributed by atoms with Crippen molar-refractivity contribution in [1.29, 1.82) is 0 Å². The van der Waals surface area contributed by atoms with E-state index >= 15 is 0 Å². The lowest BCUT2D eigenvalue weighted by molar-refractivity contribution is 0.278. The Morgan fingerprint density at radius 3 is 2.69 bits per heavy atom. The van der Waals surface area contributed by atoms with Gasteiger partial charge in [0, 0.05) is 19.3 Å². The van der Waals surface area contributed by atoms with Crippen molar-refractivity contribution < 1.29 is 9.84 Å². The molecule has 1 N–H and O–H groups in total. The SMILES string of the molecule is Cc1cccnc1CN1CCC(c2ccc(Oc3ccccc3C(C)C)cc2CO)C1.Cl. The van der Waals surface area contributed by atoms with E-state index in [1.807, 2.05) is 42.6 Å². The number of ether oxygens (including phenoxy) is 1. The van der Waals surface area contributed by atoms with Crippen molar-refractivity contribution in [3.8, 4) is 11.5 Å². The van der Waals surface area contributed by atoms with Crippen LogP contribution in [0.1, 0.15) is 60.1 Å². The fourth-order valence-electron chi connectivity index (χ4n) is 4.48. The molecule has 32 heavy (non-hydrogen) atoms. The number of hydrogen-bond acceptors (Lipinski definition) is 4. The molecule has 4 rings (SSSR count). The number of hydrogen-bond donors (Lipinski definition) is 1. The van der Waals surface area contributed by atoms with Gasteiger partial charge >= 0.3 is 0 Å². The quantitative estimate of drug-likeness (QED) is 0.463. The monoisotopic (exact) mass is 452 g/mol. The molecule has 170 valence electrons. The highest BCUT2D eigenvalue weighted by Gasteiger charge is 2.26. The fraction of sp³-hybridized carbons (Fsp3) is 0.370. The van der Waals surface area contributed by atoms with Crippen LogP contribution in [0.3, 0.4) is 0 Å². The summed E-state index contributed by atoms with van der Waals surface area (Å²) >= 11 is 0. The summed E-state index contributed by atoms with van der Waals surface area (Å²) in [5.41, 5.74) is 5.77. The highest BCUT2D eigenvalue weighted by Crippen LogP contribution is 2.35. The summed E-state index contributed by atoms with van der Waals surface area (Å²) in [5, 5.41) is 10.1. The van der Waals surface area contributed by atoms with Gasteiger partial charge in [-0.2, -0.15) is 0 Å². The smallest absolute Gasteiger partial charge is 0.130 e. The van der Waals surface area contributed by atoms with Crippen LogP contribution in [0.2, 0.25) is 0 Å². The van der Waals surface area contributed by atoms with Gasteiger partial charge in [-0.1, -0.05) is 44.2 Å². The summed E-state index contributed by atoms with van der Waals surface area (Å²) in [5.74, 6) is 2.47. The van der Waals surface area contributed by atoms with E-state index in [4.69, 9.17) is 4.74 Å². The summed E-state index contributed by atoms with van der Waals surface area (Å²) in [4.78, 5) is 7.01. The minimum atomic E-state index is 0. The van der Waals surface area contributed by atoms with Gasteiger partial charge in [0.1, 0.15) is 11.5 Å². The Bertz CT molecular complexity index is 1040. The zero-order chi connectivity index (χ0) is 21.8. The summed E-state index contributed by atoms with van der Waals surface area (Å²) < 4.78 is 6.21. The van der Waals surface area contributed by atoms with Gasteiger partial charge in [-0.3, -0.25) is 9.88 Å². The van der Waals surface area contributed by atoms with Crippen LogP contribution >= 0.6 is 12.4 Å². The molecular weight excluding hydrogens is 420 g/mol. The summed E-state index contributed by atoms with van der Waals surface area (Å²) in [6.45, 7) is 9.39. The molecule has 0 radical (unpaired) electrons. The molecule has 1 atom stereocenters. The maximum Gasteiger partial charge on any atom is 0.130 e. The lowest BCUT2D eigenvalue weighted by atomic mass is 9.93. The van der Waals surface area contributed by atoms with E-state index in [1.54, 1.807) is 0 Å². The van der Waals surface area contributed by atoms with E-state index in [9.17, 15) is 5.11 Å². The largest absolute Gasteiger partial charge is 0.457 e. The van der Waals surface area contributed by atoms with Crippen molar-refractivity contribution >= 4 is 12.4 Å². The molecule has 0 spiro atoms. The van der Waals surface area contributed by atoms with Crippen LogP contribution in [0.5, 0.6) is 11.5 Å². The van der Waals surface area contributed by atoms with Crippen molar-refractivity contribution in [2.45, 2.75) is 52.2 Å². The van der Waals surface area contributed by atoms with Gasteiger partial charge in [0.25, 0.3) is 0 Å². The number of likely N-dealkylation sites (tertiary alicyclic amines) is 1. The highest BCUT2D eigenvalue weighted by atomic mass is 35.5. The van der Waals surface area contributed by atoms with Crippen LogP contribution in [-0.4, -0.2) is 28.1 Å². The molecule has 5 heteroatoms. The second-order valence-corrected chi connectivity index (χ2v) is 8.80. The average Bonchev–Trinajstić information content (AvgIpc) is 3.24. The molecule has 0 bridgehead atoms. The molecule has 1 fully saturated rings. The number of halogens is 1. The number of para-hydroxylation sites is 1. The Labute approximate surface area is 197 Å². The minimum absolute atomic E-state index is 0. The average molecular weight is 453 g/mol. The van der Waals surface area contributed by atoms with Crippen LogP contribution in [0, 0.1) is 6.92 Å². The molecule has 1 unspecified atom stereocenters. The third-order valence-corrected chi connectivity index (χ3v) is 6.26. The van der Waals surface area contributed by atoms with Crippen molar-refractivity contribution in [3.63, 3.8) is 0 Å². The molecule has 0 aliphatic carbocycles. The molecule has 4 nitrogen and oxygen atoms in total. The summed E-state index contributed by atoms with van der Waals surface area (Å²) in [6.07, 6.45) is 2.96. The molecule has 0 amide bonds. The van der Waals surface area contributed by atoms with Crippen molar-refractivity contribution in [3.05, 3.63) is 88.7 Å². The van der Waals surface area contributed by atoms with Crippen LogP contribution in [0.15, 0.2) is 60.8 Å². The lowest BCUT2D eigenvalue weighted by Crippen LogP contribution is -2.21. The number of aliphatic hydroxyl groups is 1. The van der Waals surface area contributed by atoms with E-state index < -0.39 is 0 Å². The number of aryl methyl sites for hydroxylation is 1. The lowest BCUT2D eigenvalue weighted by Gasteiger charge is -2.19. The van der Waals surface area contributed by atoms with Crippen molar-refractivity contribution in [2.75, 3.05) is 13.1 Å². The molecule has 1 aliphatic heterocycles. The Kier molecular flexibility index (Phi) is 8.30. The Hall–Kier alpha value is -2.40. The molecule has 2 aromatic carbocycles. The predicted molar refractivity (Wildman–Crippen MR) is 132 cm³/mol. The van der Waals surface area contributed by atoms with Crippen LogP contribution < -0.4 is 4.74 Å². The van der Waals surface area contributed by atoms with Gasteiger partial charge in [-0.15, -0.1) is 12.4 Å². The zero-order valence-corrected chi connectivity index (χ0v) is 19.9. The summed E-state index contributed by atoms with van der Waals surface area (Å²) in [6, 6.07) is 18.4. The first-order chi connectivity index (χ1) is 15.0. The van der Waals surface area contributed by atoms with Gasteiger partial charge in [0.2, 0.25) is 0 Å². The van der Waals surface area contributed by atoms with Gasteiger partial charge in [0.15, 0.2) is 0 Å². The first-order valence-corrected chi connectivity index (χ1v) is 11.2. The second-order valence-electron chi connectivity index (χ2n) is 8.80. The second kappa shape index (κ2) is 11.0. The Balaban J connectivity index is 0.00000289. The number of rotatable bonds is 7. The first kappa shape index (κ1) is 24.2. The Morgan fingerprint density at radius 2 is 1.94 bits per heavy atom. The van der Waals surface area contributed by atoms with Crippen LogP contribution in [0.25, 0.3) is 0 Å². The third kappa shape index (κ3) is 5.50. The maximum absolute atomic E-state index is 10.1. The molecule has 2 heterocycles. The highest BCUT2D eigenvalue weighted by molar-refractivity contribution is 5.85. The number of nitrogens with zero attached hydrogens (tertiary/aromatic N) is 2. The molecule has 3 aromatic rings. The minimum Gasteiger partial charge on any atom is -0.457 e. The standard InChI is InChI=1S/C27H32N2O2.ClH/c1-19(2)24-8-4-5-9-27(24)31-23-10-11-25(22(15-23)18-30)21-12-14-29(16-21)17-26-20(3)7-6-13-28-26;/h4-11,13,15,19,21,30H,12,14,16-18H2,1-3H3;1H. The van der Waals surface area contributed by atoms with Crippen LogP contribution in [0.4, 0.5) is 0 Å². The number of aliphatic hydroxyl groups excluding tert-OH is 1. The molecule has 0 saturated carbocycles. The zero-order valence-electron chi connectivity index (χ0n) is 19.1. The van der Waals surface area contributed by atoms with Crippen molar-refractivity contribution in [2.24, 2.45) is 0 Å². The van der Waals surface area contributed by atoms with E-state index in [1.165, 1.54) is 16.7 Å². The number of aromatic nitrogens is 1. The normalized spacial score (nSPS) is 16.2. The molecule has 1 aromatic heterocycles. The van der Waals surface area contributed by atoms with E-state index in [0.717, 1.165) is 48.8 Å². The fourth-order valence-corrected chi connectivity index (χ4v) is 4.48. The van der Waals surface area contributed by atoms with Gasteiger partial charge in [-0.05, 0) is 78.2 Å². The maximum atomic E-state index is 10.1. The van der Waals surface area contributed by atoms with E-state index in [0.29, 0.717) is 11.8 Å². The van der Waals surface area contributed by atoms with E-state index in [2.05, 4.69) is 48.9 Å². The van der Waals surface area contributed by atoms with E-state index in [-0.39, 0.29) is 19.0 Å².